The molecule has 0 bridgehead atoms. The van der Waals surface area contributed by atoms with Crippen molar-refractivity contribution in [2.24, 2.45) is 4.99 Å². The summed E-state index contributed by atoms with van der Waals surface area (Å²) in [4.78, 5) is 9.89. The molecule has 0 amide bonds. The van der Waals surface area contributed by atoms with Crippen LogP contribution >= 0.6 is 0 Å². The number of allylic oxidation sites excluding steroid dienone is 4. The van der Waals surface area contributed by atoms with Crippen molar-refractivity contribution in [1.82, 2.24) is 9.88 Å². The maximum absolute atomic E-state index is 13.8. The third-order valence-corrected chi connectivity index (χ3v) is 7.07. The molecule has 1 aliphatic heterocycles. The van der Waals surface area contributed by atoms with E-state index < -0.39 is 12.0 Å². The number of aliphatic imine (C=N–C) groups is 1. The van der Waals surface area contributed by atoms with Gasteiger partial charge in [0.2, 0.25) is 6.43 Å². The van der Waals surface area contributed by atoms with Crippen LogP contribution in [0.3, 0.4) is 0 Å². The Hall–Kier alpha value is -3.06. The zero-order valence-electron chi connectivity index (χ0n) is 23.4. The van der Waals surface area contributed by atoms with E-state index in [1.165, 1.54) is 5.56 Å². The highest BCUT2D eigenvalue weighted by Crippen LogP contribution is 2.36. The average molecular weight is 525 g/mol. The van der Waals surface area contributed by atoms with Crippen LogP contribution in [0.4, 0.5) is 8.78 Å². The normalized spacial score (nSPS) is 16.3. The maximum atomic E-state index is 13.8. The number of nitrogens with zero attached hydrogens (tertiary/aromatic N) is 2. The molecular formula is C31H42F2N4O. The van der Waals surface area contributed by atoms with Crippen molar-refractivity contribution in [3.63, 3.8) is 0 Å². The summed E-state index contributed by atoms with van der Waals surface area (Å²) in [5.74, 6) is 0.578. The summed E-state index contributed by atoms with van der Waals surface area (Å²) >= 11 is 0. The molecule has 0 aliphatic carbocycles. The summed E-state index contributed by atoms with van der Waals surface area (Å²) < 4.78 is 27.5. The summed E-state index contributed by atoms with van der Waals surface area (Å²) in [7, 11) is 0. The van der Waals surface area contributed by atoms with Gasteiger partial charge in [-0.2, -0.15) is 0 Å². The van der Waals surface area contributed by atoms with Crippen molar-refractivity contribution < 1.29 is 13.9 Å². The Kier molecular flexibility index (Phi) is 9.82. The molecule has 1 fully saturated rings. The van der Waals surface area contributed by atoms with E-state index >= 15 is 0 Å². The Morgan fingerprint density at radius 3 is 2.53 bits per heavy atom. The Bertz CT molecular complexity index is 1240. The predicted molar refractivity (Wildman–Crippen MR) is 156 cm³/mol. The van der Waals surface area contributed by atoms with E-state index in [0.29, 0.717) is 30.0 Å². The molecule has 0 saturated carbocycles. The van der Waals surface area contributed by atoms with Gasteiger partial charge < -0.3 is 15.0 Å². The van der Waals surface area contributed by atoms with Crippen molar-refractivity contribution in [2.75, 3.05) is 13.1 Å². The Morgan fingerprint density at radius 1 is 1.29 bits per heavy atom. The summed E-state index contributed by atoms with van der Waals surface area (Å²) in [5.41, 5.74) is 5.12. The second kappa shape index (κ2) is 12.7. The molecule has 1 saturated heterocycles. The van der Waals surface area contributed by atoms with Crippen LogP contribution in [0.25, 0.3) is 16.5 Å². The van der Waals surface area contributed by atoms with Gasteiger partial charge in [-0.25, -0.2) is 13.8 Å². The van der Waals surface area contributed by atoms with Crippen LogP contribution in [0.2, 0.25) is 0 Å². The number of aliphatic hydroxyl groups is 1. The lowest BCUT2D eigenvalue weighted by atomic mass is 9.87. The number of rotatable bonds is 10. The number of piperidine rings is 1. The first-order valence-corrected chi connectivity index (χ1v) is 13.5. The van der Waals surface area contributed by atoms with E-state index in [9.17, 15) is 13.9 Å². The largest absolute Gasteiger partial charge is 0.390 e. The number of aromatic nitrogens is 1. The van der Waals surface area contributed by atoms with Crippen molar-refractivity contribution >= 4 is 28.0 Å². The monoisotopic (exact) mass is 524 g/mol. The van der Waals surface area contributed by atoms with Gasteiger partial charge in [-0.05, 0) is 87.8 Å². The highest BCUT2D eigenvalue weighted by Gasteiger charge is 2.25. The van der Waals surface area contributed by atoms with Crippen LogP contribution in [0.5, 0.6) is 0 Å². The number of amidine groups is 1. The van der Waals surface area contributed by atoms with Crippen LogP contribution in [0.15, 0.2) is 53.7 Å². The van der Waals surface area contributed by atoms with Gasteiger partial charge in [-0.1, -0.05) is 31.7 Å². The second-order valence-corrected chi connectivity index (χ2v) is 10.8. The standard InChI is InChI=1S/C31H42F2N4O/c1-7-22(9-11-25(8-2)35-21(4)34)30-27(18-29(32)33)26-17-24(10-12-28(26)36-30)23-13-15-37(16-14-23)20(3)19-31(5,6)38/h7,9-12,17,23,29,34,36,38H,3,8,13-16,18-19H2,1-2,4-6H3/b11-9-,22-7+,34-21?,35-25?. The number of hydrogen-bond donors (Lipinski definition) is 3. The zero-order chi connectivity index (χ0) is 28.0. The summed E-state index contributed by atoms with van der Waals surface area (Å²) in [6.07, 6.45) is 5.99. The number of aromatic amines is 1. The highest BCUT2D eigenvalue weighted by molar-refractivity contribution is 6.04. The molecular weight excluding hydrogens is 482 g/mol. The first-order valence-electron chi connectivity index (χ1n) is 13.5. The first-order chi connectivity index (χ1) is 17.9. The molecule has 0 atom stereocenters. The van der Waals surface area contributed by atoms with Crippen molar-refractivity contribution in [3.8, 4) is 0 Å². The minimum atomic E-state index is -2.46. The lowest BCUT2D eigenvalue weighted by Crippen LogP contribution is -2.34. The highest BCUT2D eigenvalue weighted by atomic mass is 19.3. The first kappa shape index (κ1) is 29.5. The molecule has 1 aromatic carbocycles. The lowest BCUT2D eigenvalue weighted by molar-refractivity contribution is 0.0703. The molecule has 206 valence electrons. The van der Waals surface area contributed by atoms with Crippen LogP contribution in [-0.2, 0) is 6.42 Å². The fourth-order valence-electron chi connectivity index (χ4n) is 5.23. The van der Waals surface area contributed by atoms with Crippen LogP contribution < -0.4 is 0 Å². The molecule has 38 heavy (non-hydrogen) atoms. The average Bonchev–Trinajstić information content (AvgIpc) is 3.19. The van der Waals surface area contributed by atoms with E-state index in [2.05, 4.69) is 33.6 Å². The van der Waals surface area contributed by atoms with Crippen molar-refractivity contribution in [3.05, 3.63) is 65.5 Å². The third kappa shape index (κ3) is 7.73. The minimum Gasteiger partial charge on any atom is -0.390 e. The molecule has 3 rings (SSSR count). The maximum Gasteiger partial charge on any atom is 0.242 e. The molecule has 0 radical (unpaired) electrons. The summed E-state index contributed by atoms with van der Waals surface area (Å²) in [5, 5.41) is 18.6. The van der Waals surface area contributed by atoms with E-state index in [4.69, 9.17) is 5.41 Å². The predicted octanol–water partition coefficient (Wildman–Crippen LogP) is 7.64. The third-order valence-electron chi connectivity index (χ3n) is 7.07. The molecule has 0 unspecified atom stereocenters. The molecule has 1 aliphatic rings. The Morgan fingerprint density at radius 2 is 1.97 bits per heavy atom. The molecule has 3 N–H and O–H groups in total. The van der Waals surface area contributed by atoms with E-state index in [0.717, 1.165) is 53.8 Å². The van der Waals surface area contributed by atoms with Gasteiger partial charge in [0.05, 0.1) is 5.60 Å². The van der Waals surface area contributed by atoms with E-state index in [1.54, 1.807) is 20.8 Å². The molecule has 2 aromatic rings. The lowest BCUT2D eigenvalue weighted by Gasteiger charge is -2.36. The topological polar surface area (TPSA) is 75.5 Å². The second-order valence-electron chi connectivity index (χ2n) is 10.8. The van der Waals surface area contributed by atoms with Crippen LogP contribution in [0, 0.1) is 5.41 Å². The van der Waals surface area contributed by atoms with Crippen molar-refractivity contribution in [1.29, 1.82) is 5.41 Å². The van der Waals surface area contributed by atoms with Gasteiger partial charge in [0.1, 0.15) is 5.84 Å². The number of nitrogens with one attached hydrogen (secondary N) is 2. The van der Waals surface area contributed by atoms with Gasteiger partial charge >= 0.3 is 0 Å². The zero-order valence-corrected chi connectivity index (χ0v) is 23.4. The fraction of sp³-hybridized carbons (Fsp3) is 0.484. The SMILES string of the molecule is C=C(CC(C)(C)O)N1CCC(c2ccc3[nH]c(C(/C=C\C(CC)=NC(C)=N)=C/C)c(CC(F)F)c3c2)CC1. The van der Waals surface area contributed by atoms with Gasteiger partial charge in [0.15, 0.2) is 0 Å². The quantitative estimate of drug-likeness (QED) is 0.170. The van der Waals surface area contributed by atoms with Gasteiger partial charge in [-0.15, -0.1) is 0 Å². The number of fused-ring (bicyclic) bond motifs is 1. The molecule has 0 spiro atoms. The number of benzene rings is 1. The van der Waals surface area contributed by atoms with Gasteiger partial charge in [0, 0.05) is 53.9 Å². The summed E-state index contributed by atoms with van der Waals surface area (Å²) in [6, 6.07) is 6.21. The van der Waals surface area contributed by atoms with E-state index in [-0.39, 0.29) is 12.3 Å². The fourth-order valence-corrected chi connectivity index (χ4v) is 5.23. The minimum absolute atomic E-state index is 0.234. The number of hydrogen-bond acceptors (Lipinski definition) is 3. The number of likely N-dealkylation sites (tertiary alicyclic amines) is 1. The van der Waals surface area contributed by atoms with Crippen LogP contribution in [-0.4, -0.2) is 51.7 Å². The van der Waals surface area contributed by atoms with Gasteiger partial charge in [0.25, 0.3) is 0 Å². The number of alkyl halides is 2. The number of halogens is 2. The molecule has 1 aromatic heterocycles. The van der Waals surface area contributed by atoms with Crippen LogP contribution in [0.1, 0.15) is 83.0 Å². The Balaban J connectivity index is 1.89. The van der Waals surface area contributed by atoms with E-state index in [1.807, 2.05) is 38.1 Å². The molecule has 7 heteroatoms. The molecule has 2 heterocycles. The molecule has 5 nitrogen and oxygen atoms in total. The smallest absolute Gasteiger partial charge is 0.242 e. The van der Waals surface area contributed by atoms with Gasteiger partial charge in [-0.3, -0.25) is 5.41 Å². The number of H-pyrrole nitrogens is 1. The summed E-state index contributed by atoms with van der Waals surface area (Å²) in [6.45, 7) is 15.0. The Labute approximate surface area is 225 Å². The van der Waals surface area contributed by atoms with Crippen molar-refractivity contribution in [2.45, 2.75) is 84.7 Å².